The van der Waals surface area contributed by atoms with Crippen molar-refractivity contribution in [3.05, 3.63) is 11.8 Å². The summed E-state index contributed by atoms with van der Waals surface area (Å²) in [6.07, 6.45) is -15.2. The highest BCUT2D eigenvalue weighted by atomic mass is 32.3. The number of carboxylic acids is 1. The molecule has 238 valence electrons. The van der Waals surface area contributed by atoms with Crippen molar-refractivity contribution in [1.82, 2.24) is 4.72 Å². The van der Waals surface area contributed by atoms with Gasteiger partial charge in [0.1, 0.15) is 30.5 Å². The molecule has 0 radical (unpaired) electrons. The predicted molar refractivity (Wildman–Crippen MR) is 124 cm³/mol. The van der Waals surface area contributed by atoms with Gasteiger partial charge in [0.05, 0.1) is 12.0 Å². The van der Waals surface area contributed by atoms with Crippen molar-refractivity contribution in [2.45, 2.75) is 69.9 Å². The molecule has 24 heteroatoms. The Labute approximate surface area is 232 Å². The van der Waals surface area contributed by atoms with Gasteiger partial charge in [0.2, 0.25) is 18.3 Å². The van der Waals surface area contributed by atoms with Crippen LogP contribution in [0.2, 0.25) is 0 Å². The Morgan fingerprint density at radius 3 is 2.02 bits per heavy atom. The Balaban J connectivity index is 2.57. The van der Waals surface area contributed by atoms with E-state index < -0.39 is 110 Å². The highest BCUT2D eigenvalue weighted by Gasteiger charge is 2.53. The van der Waals surface area contributed by atoms with Crippen LogP contribution in [0.1, 0.15) is 20.8 Å². The molecule has 2 rings (SSSR count). The zero-order valence-electron chi connectivity index (χ0n) is 21.0. The first-order valence-electron chi connectivity index (χ1n) is 10.9. The average Bonchev–Trinajstić information content (AvgIpc) is 2.76. The summed E-state index contributed by atoms with van der Waals surface area (Å²) in [5, 5.41) is 30.4. The van der Waals surface area contributed by atoms with Gasteiger partial charge in [-0.25, -0.2) is 13.2 Å². The number of carbonyl (C=O) groups is 2. The summed E-state index contributed by atoms with van der Waals surface area (Å²) in [5.41, 5.74) is -1.27. The Kier molecular flexibility index (Phi) is 10.8. The van der Waals surface area contributed by atoms with Crippen molar-refractivity contribution in [2.75, 3.05) is 6.61 Å². The van der Waals surface area contributed by atoms with Crippen LogP contribution >= 0.6 is 0 Å². The van der Waals surface area contributed by atoms with Crippen molar-refractivity contribution >= 4 is 43.0 Å². The molecule has 8 atom stereocenters. The Bertz CT molecular complexity index is 1330. The predicted octanol–water partition coefficient (Wildman–Crippen LogP) is -3.50. The van der Waals surface area contributed by atoms with E-state index in [1.807, 2.05) is 0 Å². The van der Waals surface area contributed by atoms with Gasteiger partial charge in [0.25, 0.3) is 0 Å². The number of nitrogens with one attached hydrogen (secondary N) is 1. The summed E-state index contributed by atoms with van der Waals surface area (Å²) < 4.78 is 126. The topological polar surface area (TPSA) is 325 Å². The molecule has 21 nitrogen and oxygen atoms in total. The maximum absolute atomic E-state index is 12.5. The smallest absolute Gasteiger partial charge is 0.397 e. The normalized spacial score (nSPS) is 31.6. The van der Waals surface area contributed by atoms with Crippen LogP contribution < -0.4 is 4.72 Å². The summed E-state index contributed by atoms with van der Waals surface area (Å²) >= 11 is 0. The number of carbonyl (C=O) groups excluding carboxylic acids is 1. The second-order valence-corrected chi connectivity index (χ2v) is 12.7. The van der Waals surface area contributed by atoms with Crippen LogP contribution in [0.15, 0.2) is 11.8 Å². The average molecular weight is 662 g/mol. The molecule has 2 aliphatic heterocycles. The van der Waals surface area contributed by atoms with E-state index in [2.05, 4.69) is 8.37 Å². The zero-order chi connectivity index (χ0) is 31.7. The lowest BCUT2D eigenvalue weighted by atomic mass is 9.95. The van der Waals surface area contributed by atoms with E-state index in [-0.39, 0.29) is 0 Å². The Morgan fingerprint density at radius 1 is 0.976 bits per heavy atom. The van der Waals surface area contributed by atoms with Gasteiger partial charge in [-0.05, 0) is 26.8 Å². The minimum atomic E-state index is -5.41. The summed E-state index contributed by atoms with van der Waals surface area (Å²) in [4.78, 5) is 23.9. The zero-order valence-corrected chi connectivity index (χ0v) is 23.5. The number of aliphatic carboxylic acids is 1. The number of carboxylic acid groups (broad SMARTS) is 1. The fourth-order valence-electron chi connectivity index (χ4n) is 3.32. The lowest BCUT2D eigenvalue weighted by molar-refractivity contribution is -0.306. The summed E-state index contributed by atoms with van der Waals surface area (Å²) in [7, 11) is -15.9. The van der Waals surface area contributed by atoms with Crippen LogP contribution in [0, 0.1) is 5.41 Å². The largest absolute Gasteiger partial charge is 0.475 e. The monoisotopic (exact) mass is 661 g/mol. The van der Waals surface area contributed by atoms with Gasteiger partial charge in [-0.2, -0.15) is 30.0 Å². The van der Waals surface area contributed by atoms with E-state index in [1.54, 1.807) is 0 Å². The van der Waals surface area contributed by atoms with Gasteiger partial charge in [-0.15, -0.1) is 0 Å². The number of aliphatic hydroxyl groups excluding tert-OH is 2. The lowest BCUT2D eigenvalue weighted by Gasteiger charge is -2.45. The minimum Gasteiger partial charge on any atom is -0.475 e. The molecule has 2 aliphatic rings. The molecule has 0 aliphatic carbocycles. The van der Waals surface area contributed by atoms with Gasteiger partial charge >= 0.3 is 43.0 Å². The third-order valence-corrected chi connectivity index (χ3v) is 6.55. The number of ether oxygens (including phenoxy) is 4. The van der Waals surface area contributed by atoms with Crippen molar-refractivity contribution in [2.24, 2.45) is 5.41 Å². The summed E-state index contributed by atoms with van der Waals surface area (Å²) in [6, 6.07) is -2.17. The van der Waals surface area contributed by atoms with Crippen LogP contribution in [-0.2, 0) is 68.0 Å². The Hall–Kier alpha value is -2.07. The fraction of sp³-hybridized carbons (Fsp3) is 0.765. The van der Waals surface area contributed by atoms with E-state index >= 15 is 0 Å². The standard InChI is InChI=1S/C17H27NO20S3/c1-17(2,3)16(23)37-14-9(18-39(24,25)26)10(20)12(8(35-14)5-33-40(27,28)29)36-15-11(38-41(30,31)32)6(19)4-7(34-15)13(21)22/h4,6,8-12,14-15,18-20H,5H2,1-3H3,(H,21,22)(H,24,25,26)(H,27,28,29)(H,30,31,32)/t6-,8+,9+,10+,11+,12+,14-,15-/m0/s1. The number of esters is 1. The van der Waals surface area contributed by atoms with E-state index in [0.717, 1.165) is 0 Å². The van der Waals surface area contributed by atoms with E-state index in [0.29, 0.717) is 6.08 Å². The van der Waals surface area contributed by atoms with Gasteiger partial charge in [-0.1, -0.05) is 0 Å². The molecule has 0 saturated carbocycles. The second-order valence-electron chi connectivity index (χ2n) is 9.42. The highest BCUT2D eigenvalue weighted by molar-refractivity contribution is 7.83. The molecular formula is C17H27NO20S3. The van der Waals surface area contributed by atoms with Gasteiger partial charge in [0.15, 0.2) is 6.10 Å². The van der Waals surface area contributed by atoms with E-state index in [9.17, 15) is 54.7 Å². The maximum atomic E-state index is 12.5. The van der Waals surface area contributed by atoms with Gasteiger partial charge in [-0.3, -0.25) is 18.5 Å². The van der Waals surface area contributed by atoms with Crippen molar-refractivity contribution in [1.29, 1.82) is 0 Å². The first kappa shape index (κ1) is 35.1. The summed E-state index contributed by atoms with van der Waals surface area (Å²) in [6.45, 7) is 2.79. The molecule has 0 aromatic heterocycles. The molecule has 0 bridgehead atoms. The van der Waals surface area contributed by atoms with E-state index in [4.69, 9.17) is 28.1 Å². The van der Waals surface area contributed by atoms with E-state index in [1.165, 1.54) is 25.5 Å². The molecule has 0 aromatic carbocycles. The van der Waals surface area contributed by atoms with Crippen LogP contribution in [0.3, 0.4) is 0 Å². The molecule has 0 aromatic rings. The van der Waals surface area contributed by atoms with Gasteiger partial charge < -0.3 is 34.3 Å². The molecule has 1 saturated heterocycles. The van der Waals surface area contributed by atoms with Crippen LogP contribution in [-0.4, -0.2) is 122 Å². The molecule has 41 heavy (non-hydrogen) atoms. The number of rotatable bonds is 11. The molecule has 7 N–H and O–H groups in total. The summed E-state index contributed by atoms with van der Waals surface area (Å²) in [5.74, 6) is -3.98. The SMILES string of the molecule is CC(C)(C)C(=O)O[C@@H]1O[C@H](COS(=O)(=O)O)[C@@H](O[C@@H]2OC(C(=O)O)=C[C@H](O)[C@H]2OS(=O)(=O)O)[C@H](O)[C@H]1NS(=O)(=O)O. The third-order valence-electron chi connectivity index (χ3n) is 5.08. The number of hydrogen-bond donors (Lipinski definition) is 7. The number of aliphatic hydroxyl groups is 2. The van der Waals surface area contributed by atoms with Crippen LogP contribution in [0.5, 0.6) is 0 Å². The second kappa shape index (κ2) is 12.7. The molecular weight excluding hydrogens is 634 g/mol. The van der Waals surface area contributed by atoms with Crippen molar-refractivity contribution in [3.8, 4) is 0 Å². The first-order chi connectivity index (χ1) is 18.4. The van der Waals surface area contributed by atoms with Crippen LogP contribution in [0.25, 0.3) is 0 Å². The van der Waals surface area contributed by atoms with Gasteiger partial charge in [0, 0.05) is 0 Å². The highest BCUT2D eigenvalue weighted by Crippen LogP contribution is 2.32. The quantitative estimate of drug-likeness (QED) is 0.0834. The molecule has 0 spiro atoms. The van der Waals surface area contributed by atoms with Crippen molar-refractivity contribution < 1.29 is 91.1 Å². The first-order valence-corrected chi connectivity index (χ1v) is 15.1. The minimum absolute atomic E-state index is 0.440. The fourth-order valence-corrected chi connectivity index (χ4v) is 4.71. The maximum Gasteiger partial charge on any atom is 0.397 e. The van der Waals surface area contributed by atoms with Crippen molar-refractivity contribution in [3.63, 3.8) is 0 Å². The molecule has 0 unspecified atom stereocenters. The molecule has 1 fully saturated rings. The van der Waals surface area contributed by atoms with Crippen LogP contribution in [0.4, 0.5) is 0 Å². The Morgan fingerprint density at radius 2 is 1.56 bits per heavy atom. The lowest BCUT2D eigenvalue weighted by Crippen LogP contribution is -2.67. The number of hydrogen-bond acceptors (Lipinski definition) is 16. The molecule has 0 amide bonds. The third kappa shape index (κ3) is 10.6. The molecule has 2 heterocycles.